The summed E-state index contributed by atoms with van der Waals surface area (Å²) in [5, 5.41) is 8.15. The molecule has 1 rings (SSSR count). The summed E-state index contributed by atoms with van der Waals surface area (Å²) in [5.41, 5.74) is 2.55. The van der Waals surface area contributed by atoms with Crippen LogP contribution < -0.4 is 5.32 Å². The van der Waals surface area contributed by atoms with Crippen molar-refractivity contribution in [1.29, 1.82) is 0 Å². The molecular weight excluding hydrogens is 302 g/mol. The van der Waals surface area contributed by atoms with E-state index in [0.29, 0.717) is 5.92 Å². The molecule has 0 saturated carbocycles. The van der Waals surface area contributed by atoms with Gasteiger partial charge in [-0.1, -0.05) is 20.8 Å². The van der Waals surface area contributed by atoms with Gasteiger partial charge in [0.1, 0.15) is 0 Å². The number of nitrogens with one attached hydrogen (secondary N) is 1. The topological polar surface area (TPSA) is 29.9 Å². The minimum atomic E-state index is 0.712. The van der Waals surface area contributed by atoms with Crippen LogP contribution in [0.5, 0.6) is 0 Å². The number of aryl methyl sites for hydroxylation is 2. The number of aromatic nitrogens is 2. The zero-order chi connectivity index (χ0) is 14.3. The minimum Gasteiger partial charge on any atom is -0.316 e. The second-order valence-electron chi connectivity index (χ2n) is 5.22. The summed E-state index contributed by atoms with van der Waals surface area (Å²) in [5.74, 6) is 0.712. The smallest absolute Gasteiger partial charge is 0.0766 e. The third kappa shape index (κ3) is 4.92. The summed E-state index contributed by atoms with van der Waals surface area (Å²) in [6.07, 6.45) is 4.52. The molecule has 1 atom stereocenters. The molecule has 1 aromatic heterocycles. The number of hydrogen-bond acceptors (Lipinski definition) is 2. The first-order chi connectivity index (χ1) is 9.13. The van der Waals surface area contributed by atoms with Gasteiger partial charge in [-0.2, -0.15) is 5.10 Å². The first-order valence-corrected chi connectivity index (χ1v) is 8.37. The van der Waals surface area contributed by atoms with E-state index in [2.05, 4.69) is 58.7 Å². The highest BCUT2D eigenvalue weighted by Crippen LogP contribution is 2.24. The Hall–Kier alpha value is -0.350. The third-order valence-electron chi connectivity index (χ3n) is 3.49. The van der Waals surface area contributed by atoms with Gasteiger partial charge < -0.3 is 5.32 Å². The molecule has 110 valence electrons. The van der Waals surface area contributed by atoms with Crippen molar-refractivity contribution in [2.45, 2.75) is 59.9 Å². The fourth-order valence-corrected chi connectivity index (χ4v) is 3.03. The highest BCUT2D eigenvalue weighted by atomic mass is 79.9. The Kier molecular flexibility index (Phi) is 7.69. The molecule has 0 fully saturated rings. The normalized spacial score (nSPS) is 12.9. The lowest BCUT2D eigenvalue weighted by atomic mass is 10.0. The Labute approximate surface area is 126 Å². The molecule has 0 bridgehead atoms. The lowest BCUT2D eigenvalue weighted by molar-refractivity contribution is 0.470. The monoisotopic (exact) mass is 329 g/mol. The van der Waals surface area contributed by atoms with Gasteiger partial charge >= 0.3 is 0 Å². The highest BCUT2D eigenvalue weighted by Gasteiger charge is 2.14. The molecule has 0 amide bonds. The predicted octanol–water partition coefficient (Wildman–Crippen LogP) is 3.80. The van der Waals surface area contributed by atoms with Crippen LogP contribution in [0.15, 0.2) is 4.47 Å². The van der Waals surface area contributed by atoms with Crippen LogP contribution in [0, 0.1) is 5.92 Å². The van der Waals surface area contributed by atoms with Crippen LogP contribution in [0.25, 0.3) is 0 Å². The maximum absolute atomic E-state index is 4.65. The van der Waals surface area contributed by atoms with Crippen LogP contribution in [0.2, 0.25) is 0 Å². The van der Waals surface area contributed by atoms with Crippen molar-refractivity contribution in [1.82, 2.24) is 15.1 Å². The Morgan fingerprint density at radius 2 is 2.05 bits per heavy atom. The molecule has 1 unspecified atom stereocenters. The van der Waals surface area contributed by atoms with Gasteiger partial charge in [0.25, 0.3) is 0 Å². The molecule has 0 aliphatic rings. The number of hydrogen-bond donors (Lipinski definition) is 1. The van der Waals surface area contributed by atoms with E-state index in [-0.39, 0.29) is 0 Å². The van der Waals surface area contributed by atoms with Gasteiger partial charge in [0.2, 0.25) is 0 Å². The Morgan fingerprint density at radius 1 is 1.32 bits per heavy atom. The summed E-state index contributed by atoms with van der Waals surface area (Å²) in [7, 11) is 0. The van der Waals surface area contributed by atoms with E-state index < -0.39 is 0 Å². The average Bonchev–Trinajstić information content (AvgIpc) is 2.72. The predicted molar refractivity (Wildman–Crippen MR) is 85.6 cm³/mol. The van der Waals surface area contributed by atoms with Gasteiger partial charge in [0.15, 0.2) is 0 Å². The Morgan fingerprint density at radius 3 is 2.63 bits per heavy atom. The van der Waals surface area contributed by atoms with E-state index in [0.717, 1.165) is 32.5 Å². The maximum atomic E-state index is 4.65. The zero-order valence-corrected chi connectivity index (χ0v) is 14.4. The summed E-state index contributed by atoms with van der Waals surface area (Å²) in [6.45, 7) is 12.1. The molecule has 0 saturated heterocycles. The van der Waals surface area contributed by atoms with Crippen molar-refractivity contribution in [2.75, 3.05) is 13.1 Å². The van der Waals surface area contributed by atoms with Gasteiger partial charge in [0.05, 0.1) is 15.9 Å². The Bertz CT molecular complexity index is 374. The van der Waals surface area contributed by atoms with Crippen molar-refractivity contribution < 1.29 is 0 Å². The molecule has 0 radical (unpaired) electrons. The summed E-state index contributed by atoms with van der Waals surface area (Å²) in [4.78, 5) is 0. The first-order valence-electron chi connectivity index (χ1n) is 7.58. The maximum Gasteiger partial charge on any atom is 0.0766 e. The lowest BCUT2D eigenvalue weighted by Gasteiger charge is -2.13. The lowest BCUT2D eigenvalue weighted by Crippen LogP contribution is -2.22. The quantitative estimate of drug-likeness (QED) is 0.698. The van der Waals surface area contributed by atoms with Crippen LogP contribution >= 0.6 is 15.9 Å². The van der Waals surface area contributed by atoms with Gasteiger partial charge in [-0.15, -0.1) is 0 Å². The first kappa shape index (κ1) is 16.7. The third-order valence-corrected chi connectivity index (χ3v) is 4.40. The van der Waals surface area contributed by atoms with Crippen LogP contribution in [-0.2, 0) is 19.4 Å². The number of nitrogens with zero attached hydrogens (tertiary/aromatic N) is 2. The van der Waals surface area contributed by atoms with Crippen molar-refractivity contribution in [3.8, 4) is 0 Å². The molecule has 3 nitrogen and oxygen atoms in total. The standard InChI is InChI=1S/C15H28BrN3/c1-5-10-17-11-12(4)8-9-14-15(16)13(6-2)18-19(14)7-3/h12,17H,5-11H2,1-4H3. The average molecular weight is 330 g/mol. The van der Waals surface area contributed by atoms with Crippen LogP contribution in [0.3, 0.4) is 0 Å². The van der Waals surface area contributed by atoms with E-state index in [1.165, 1.54) is 28.7 Å². The van der Waals surface area contributed by atoms with Crippen molar-refractivity contribution >= 4 is 15.9 Å². The molecule has 19 heavy (non-hydrogen) atoms. The molecule has 4 heteroatoms. The molecule has 1 N–H and O–H groups in total. The summed E-state index contributed by atoms with van der Waals surface area (Å²) < 4.78 is 3.38. The number of rotatable bonds is 9. The van der Waals surface area contributed by atoms with E-state index in [4.69, 9.17) is 0 Å². The molecule has 0 aromatic carbocycles. The van der Waals surface area contributed by atoms with Gasteiger partial charge in [0, 0.05) is 6.54 Å². The molecule has 0 aliphatic heterocycles. The fourth-order valence-electron chi connectivity index (χ4n) is 2.27. The molecular formula is C15H28BrN3. The van der Waals surface area contributed by atoms with Gasteiger partial charge in [-0.25, -0.2) is 0 Å². The summed E-state index contributed by atoms with van der Waals surface area (Å²) >= 11 is 3.72. The second-order valence-corrected chi connectivity index (χ2v) is 6.02. The second kappa shape index (κ2) is 8.75. The van der Waals surface area contributed by atoms with Crippen LogP contribution in [0.1, 0.15) is 51.9 Å². The Balaban J connectivity index is 2.54. The zero-order valence-electron chi connectivity index (χ0n) is 12.8. The SMILES string of the molecule is CCCNCC(C)CCc1c(Br)c(CC)nn1CC. The van der Waals surface area contributed by atoms with E-state index in [1.54, 1.807) is 0 Å². The van der Waals surface area contributed by atoms with E-state index >= 15 is 0 Å². The number of halogens is 1. The highest BCUT2D eigenvalue weighted by molar-refractivity contribution is 9.10. The summed E-state index contributed by atoms with van der Waals surface area (Å²) in [6, 6.07) is 0. The molecule has 0 spiro atoms. The molecule has 1 aromatic rings. The molecule has 0 aliphatic carbocycles. The van der Waals surface area contributed by atoms with Crippen LogP contribution in [-0.4, -0.2) is 22.9 Å². The minimum absolute atomic E-state index is 0.712. The van der Waals surface area contributed by atoms with Crippen molar-refractivity contribution in [2.24, 2.45) is 5.92 Å². The van der Waals surface area contributed by atoms with E-state index in [1.807, 2.05) is 0 Å². The van der Waals surface area contributed by atoms with Crippen molar-refractivity contribution in [3.63, 3.8) is 0 Å². The molecule has 1 heterocycles. The van der Waals surface area contributed by atoms with Gasteiger partial charge in [-0.05, 0) is 67.5 Å². The van der Waals surface area contributed by atoms with Crippen molar-refractivity contribution in [3.05, 3.63) is 15.9 Å². The van der Waals surface area contributed by atoms with Crippen LogP contribution in [0.4, 0.5) is 0 Å². The van der Waals surface area contributed by atoms with E-state index in [9.17, 15) is 0 Å². The largest absolute Gasteiger partial charge is 0.316 e. The fraction of sp³-hybridized carbons (Fsp3) is 0.800. The van der Waals surface area contributed by atoms with Gasteiger partial charge in [-0.3, -0.25) is 4.68 Å².